The van der Waals surface area contributed by atoms with Crippen LogP contribution in [0.4, 0.5) is 0 Å². The van der Waals surface area contributed by atoms with Gasteiger partial charge in [-0.25, -0.2) is 0 Å². The zero-order chi connectivity index (χ0) is 5.86. The molecule has 0 spiro atoms. The van der Waals surface area contributed by atoms with Crippen molar-refractivity contribution < 1.29 is 44.6 Å². The Morgan fingerprint density at radius 3 is 2.12 bits per heavy atom. The molecule has 0 fully saturated rings. The van der Waals surface area contributed by atoms with Crippen LogP contribution in [-0.2, 0) is 4.79 Å². The maximum absolute atomic E-state index is 9.59. The van der Waals surface area contributed by atoms with Crippen LogP contribution in [0.2, 0.25) is 0 Å². The van der Waals surface area contributed by atoms with Crippen molar-refractivity contribution in [3.63, 3.8) is 0 Å². The molecule has 0 saturated carbocycles. The van der Waals surface area contributed by atoms with E-state index in [4.69, 9.17) is 5.11 Å². The average Bonchev–Trinajstić information content (AvgIpc) is 1.65. The number of carbonyl (C=O) groups is 1. The minimum atomic E-state index is -1.34. The number of aliphatic hydroxyl groups is 1. The van der Waals surface area contributed by atoms with Crippen LogP contribution < -0.4 is 34.7 Å². The Kier molecular flexibility index (Phi) is 7.02. The van der Waals surface area contributed by atoms with Gasteiger partial charge >= 0.3 is 29.6 Å². The number of carboxylic acid groups (broad SMARTS) is 1. The van der Waals surface area contributed by atoms with E-state index in [1.54, 1.807) is 0 Å². The molecule has 0 aliphatic carbocycles. The van der Waals surface area contributed by atoms with Crippen LogP contribution in [0.15, 0.2) is 11.8 Å². The second kappa shape index (κ2) is 5.15. The molecule has 0 aliphatic rings. The van der Waals surface area contributed by atoms with E-state index in [2.05, 4.69) is 0 Å². The molecule has 0 heterocycles. The Bertz CT molecular complexity index is 108. The average molecular weight is 124 g/mol. The summed E-state index contributed by atoms with van der Waals surface area (Å²) >= 11 is 0. The molecule has 0 aromatic heterocycles. The molecule has 40 valence electrons. The summed E-state index contributed by atoms with van der Waals surface area (Å²) in [7, 11) is 0. The number of aliphatic hydroxyl groups excluding tert-OH is 1. The van der Waals surface area contributed by atoms with Crippen molar-refractivity contribution in [2.45, 2.75) is 6.92 Å². The third-order valence-electron chi connectivity index (χ3n) is 0.516. The van der Waals surface area contributed by atoms with Gasteiger partial charge in [-0.2, -0.15) is 0 Å². The normalized spacial score (nSPS) is 9.88. The molecule has 4 heteroatoms. The van der Waals surface area contributed by atoms with E-state index < -0.39 is 5.97 Å². The molecule has 0 rings (SSSR count). The molecule has 0 unspecified atom stereocenters. The van der Waals surface area contributed by atoms with Gasteiger partial charge in [-0.3, -0.25) is 0 Å². The molecule has 0 atom stereocenters. The van der Waals surface area contributed by atoms with E-state index in [1.165, 1.54) is 6.92 Å². The first kappa shape index (κ1) is 10.9. The summed E-state index contributed by atoms with van der Waals surface area (Å²) in [5.41, 5.74) is -0.167. The largest absolute Gasteiger partial charge is 1.00 e. The first-order chi connectivity index (χ1) is 3.18. The zero-order valence-electron chi connectivity index (χ0n) is 4.84. The van der Waals surface area contributed by atoms with Crippen LogP contribution in [0.5, 0.6) is 0 Å². The molecule has 0 amide bonds. The molecule has 0 saturated heterocycles. The van der Waals surface area contributed by atoms with E-state index in [0.717, 1.165) is 0 Å². The number of rotatable bonds is 1. The van der Waals surface area contributed by atoms with Gasteiger partial charge in [0.25, 0.3) is 0 Å². The van der Waals surface area contributed by atoms with Crippen molar-refractivity contribution >= 4 is 5.97 Å². The fourth-order valence-corrected chi connectivity index (χ4v) is 0.0527. The second-order valence-corrected chi connectivity index (χ2v) is 1.10. The van der Waals surface area contributed by atoms with Gasteiger partial charge in [0.15, 0.2) is 0 Å². The molecule has 1 N–H and O–H groups in total. The SMILES string of the molecule is CC(=CO)C(=O)[O-].[Na+]. The Morgan fingerprint density at radius 1 is 1.75 bits per heavy atom. The van der Waals surface area contributed by atoms with Crippen LogP contribution in [0.1, 0.15) is 6.92 Å². The minimum Gasteiger partial charge on any atom is -0.545 e. The van der Waals surface area contributed by atoms with Gasteiger partial charge in [-0.1, -0.05) is 0 Å². The number of aliphatic carboxylic acids is 1. The second-order valence-electron chi connectivity index (χ2n) is 1.10. The molecule has 0 aromatic rings. The van der Waals surface area contributed by atoms with Crippen LogP contribution in [0.3, 0.4) is 0 Å². The maximum atomic E-state index is 9.59. The smallest absolute Gasteiger partial charge is 0.545 e. The number of hydrogen-bond donors (Lipinski definition) is 1. The fourth-order valence-electron chi connectivity index (χ4n) is 0.0527. The summed E-state index contributed by atoms with van der Waals surface area (Å²) in [4.78, 5) is 9.59. The number of carboxylic acids is 1. The predicted molar refractivity (Wildman–Crippen MR) is 21.4 cm³/mol. The van der Waals surface area contributed by atoms with Crippen molar-refractivity contribution in [3.8, 4) is 0 Å². The summed E-state index contributed by atoms with van der Waals surface area (Å²) in [5.74, 6) is -1.34. The van der Waals surface area contributed by atoms with Gasteiger partial charge in [0.05, 0.1) is 12.2 Å². The first-order valence-electron chi connectivity index (χ1n) is 1.71. The third-order valence-corrected chi connectivity index (χ3v) is 0.516. The first-order valence-corrected chi connectivity index (χ1v) is 1.71. The summed E-state index contributed by atoms with van der Waals surface area (Å²) < 4.78 is 0. The minimum absolute atomic E-state index is 0. The van der Waals surface area contributed by atoms with Gasteiger partial charge in [-0.05, 0) is 6.92 Å². The van der Waals surface area contributed by atoms with Gasteiger partial charge in [-0.15, -0.1) is 0 Å². The monoisotopic (exact) mass is 124 g/mol. The van der Waals surface area contributed by atoms with Crippen LogP contribution in [-0.4, -0.2) is 11.1 Å². The molecular formula is C4H5NaO3. The molecule has 8 heavy (non-hydrogen) atoms. The Labute approximate surface area is 69.3 Å². The van der Waals surface area contributed by atoms with E-state index in [-0.39, 0.29) is 35.1 Å². The number of hydrogen-bond acceptors (Lipinski definition) is 3. The molecule has 0 aromatic carbocycles. The van der Waals surface area contributed by atoms with Crippen molar-refractivity contribution in [1.29, 1.82) is 0 Å². The fraction of sp³-hybridized carbons (Fsp3) is 0.250. The topological polar surface area (TPSA) is 60.4 Å². The van der Waals surface area contributed by atoms with Gasteiger partial charge < -0.3 is 15.0 Å². The third kappa shape index (κ3) is 4.18. The molecular weight excluding hydrogens is 119 g/mol. The maximum Gasteiger partial charge on any atom is 1.00 e. The van der Waals surface area contributed by atoms with Crippen molar-refractivity contribution in [1.82, 2.24) is 0 Å². The zero-order valence-corrected chi connectivity index (χ0v) is 6.84. The van der Waals surface area contributed by atoms with Gasteiger partial charge in [0, 0.05) is 5.57 Å². The quantitative estimate of drug-likeness (QED) is 0.221. The van der Waals surface area contributed by atoms with E-state index in [9.17, 15) is 9.90 Å². The standard InChI is InChI=1S/C4H6O3.Na/c1-3(2-5)4(6)7;/h2,5H,1H3,(H,6,7);/q;+1/p-1. The van der Waals surface area contributed by atoms with Crippen molar-refractivity contribution in [2.24, 2.45) is 0 Å². The molecule has 0 radical (unpaired) electrons. The summed E-state index contributed by atoms with van der Waals surface area (Å²) in [6, 6.07) is 0. The Morgan fingerprint density at radius 2 is 2.12 bits per heavy atom. The van der Waals surface area contributed by atoms with E-state index in [0.29, 0.717) is 6.26 Å². The molecule has 0 bridgehead atoms. The van der Waals surface area contributed by atoms with Crippen LogP contribution in [0, 0.1) is 0 Å². The van der Waals surface area contributed by atoms with E-state index in [1.807, 2.05) is 0 Å². The molecule has 0 aliphatic heterocycles. The van der Waals surface area contributed by atoms with Gasteiger partial charge in [0.2, 0.25) is 0 Å². The number of carbonyl (C=O) groups excluding carboxylic acids is 1. The summed E-state index contributed by atoms with van der Waals surface area (Å²) in [5, 5.41) is 17.5. The summed E-state index contributed by atoms with van der Waals surface area (Å²) in [6.45, 7) is 1.25. The van der Waals surface area contributed by atoms with Gasteiger partial charge in [0.1, 0.15) is 0 Å². The van der Waals surface area contributed by atoms with Crippen molar-refractivity contribution in [3.05, 3.63) is 11.8 Å². The van der Waals surface area contributed by atoms with Crippen molar-refractivity contribution in [2.75, 3.05) is 0 Å². The van der Waals surface area contributed by atoms with Crippen LogP contribution >= 0.6 is 0 Å². The Hall–Kier alpha value is 0.0100. The molecule has 3 nitrogen and oxygen atoms in total. The summed E-state index contributed by atoms with van der Waals surface area (Å²) in [6.07, 6.45) is 0.495. The van der Waals surface area contributed by atoms with Crippen LogP contribution in [0.25, 0.3) is 0 Å². The Balaban J connectivity index is 0. The predicted octanol–water partition coefficient (Wildman–Crippen LogP) is -3.80. The van der Waals surface area contributed by atoms with E-state index >= 15 is 0 Å².